The Hall–Kier alpha value is -3.55. The summed E-state index contributed by atoms with van der Waals surface area (Å²) >= 11 is 0. The van der Waals surface area contributed by atoms with Crippen LogP contribution in [0.2, 0.25) is 0 Å². The summed E-state index contributed by atoms with van der Waals surface area (Å²) < 4.78 is 27.6. The number of fused-ring (bicyclic) bond motifs is 1. The Morgan fingerprint density at radius 1 is 1.15 bits per heavy atom. The maximum Gasteiger partial charge on any atom is 0.229 e. The van der Waals surface area contributed by atoms with E-state index < -0.39 is 11.6 Å². The van der Waals surface area contributed by atoms with Crippen molar-refractivity contribution in [2.45, 2.75) is 6.42 Å². The number of para-hydroxylation sites is 2. The van der Waals surface area contributed by atoms with E-state index in [1.807, 2.05) is 24.3 Å². The summed E-state index contributed by atoms with van der Waals surface area (Å²) in [6.07, 6.45) is 3.02. The van der Waals surface area contributed by atoms with Crippen LogP contribution in [0.3, 0.4) is 0 Å². The average Bonchev–Trinajstić information content (AvgIpc) is 3.24. The fraction of sp³-hybridized carbons (Fsp3) is 0.0556. The van der Waals surface area contributed by atoms with Crippen LogP contribution in [0, 0.1) is 11.6 Å². The molecule has 2 heterocycles. The Morgan fingerprint density at radius 3 is 2.81 bits per heavy atom. The van der Waals surface area contributed by atoms with E-state index in [-0.39, 0.29) is 12.3 Å². The van der Waals surface area contributed by atoms with Gasteiger partial charge in [0, 0.05) is 0 Å². The van der Waals surface area contributed by atoms with Crippen LogP contribution in [-0.4, -0.2) is 25.7 Å². The third-order valence-corrected chi connectivity index (χ3v) is 3.81. The lowest BCUT2D eigenvalue weighted by Crippen LogP contribution is -2.14. The molecular formula is C18H13F2N5O. The van der Waals surface area contributed by atoms with Gasteiger partial charge in [0.15, 0.2) is 11.6 Å². The number of aromatic amines is 1. The molecule has 1 amide bonds. The van der Waals surface area contributed by atoms with Gasteiger partial charge in [-0.15, -0.1) is 0 Å². The highest BCUT2D eigenvalue weighted by Crippen LogP contribution is 2.15. The molecule has 26 heavy (non-hydrogen) atoms. The van der Waals surface area contributed by atoms with Crippen molar-refractivity contribution in [1.29, 1.82) is 0 Å². The predicted molar refractivity (Wildman–Crippen MR) is 91.9 cm³/mol. The zero-order valence-corrected chi connectivity index (χ0v) is 13.4. The molecule has 0 fully saturated rings. The van der Waals surface area contributed by atoms with Crippen molar-refractivity contribution >= 4 is 22.6 Å². The number of hydrogen-bond acceptors (Lipinski definition) is 3. The standard InChI is InChI=1S/C18H13F2N5O/c19-13-6-5-11(7-14(13)20)8-17(26)22-12-9-21-25(10-12)18-23-15-3-1-2-4-16(15)24-18/h1-7,9-10H,8H2,(H,22,26)(H,23,24). The SMILES string of the molecule is O=C(Cc1ccc(F)c(F)c1)Nc1cnn(-c2nc3ccccc3[nH]2)c1. The van der Waals surface area contributed by atoms with Crippen molar-refractivity contribution in [2.75, 3.05) is 5.32 Å². The molecule has 0 saturated carbocycles. The zero-order valence-electron chi connectivity index (χ0n) is 13.4. The first kappa shape index (κ1) is 15.9. The van der Waals surface area contributed by atoms with Gasteiger partial charge in [0.05, 0.1) is 35.5 Å². The lowest BCUT2D eigenvalue weighted by molar-refractivity contribution is -0.115. The van der Waals surface area contributed by atoms with Gasteiger partial charge in [0.2, 0.25) is 11.9 Å². The Labute approximate surface area is 146 Å². The van der Waals surface area contributed by atoms with Crippen molar-refractivity contribution in [2.24, 2.45) is 0 Å². The number of carbonyl (C=O) groups excluding carboxylic acids is 1. The van der Waals surface area contributed by atoms with Crippen molar-refractivity contribution in [3.63, 3.8) is 0 Å². The minimum atomic E-state index is -0.979. The smallest absolute Gasteiger partial charge is 0.229 e. The van der Waals surface area contributed by atoms with Crippen molar-refractivity contribution in [1.82, 2.24) is 19.7 Å². The lowest BCUT2D eigenvalue weighted by atomic mass is 10.1. The van der Waals surface area contributed by atoms with E-state index in [1.165, 1.54) is 16.9 Å². The zero-order chi connectivity index (χ0) is 18.1. The first-order valence-corrected chi connectivity index (χ1v) is 7.82. The quantitative estimate of drug-likeness (QED) is 0.592. The van der Waals surface area contributed by atoms with Crippen molar-refractivity contribution in [3.05, 3.63) is 72.1 Å². The molecule has 0 radical (unpaired) electrons. The third kappa shape index (κ3) is 3.16. The van der Waals surface area contributed by atoms with Gasteiger partial charge in [-0.3, -0.25) is 4.79 Å². The van der Waals surface area contributed by atoms with Gasteiger partial charge in [-0.2, -0.15) is 5.10 Å². The lowest BCUT2D eigenvalue weighted by Gasteiger charge is -2.03. The normalized spacial score (nSPS) is 11.0. The number of nitrogens with zero attached hydrogens (tertiary/aromatic N) is 3. The van der Waals surface area contributed by atoms with Crippen LogP contribution < -0.4 is 5.32 Å². The topological polar surface area (TPSA) is 75.6 Å². The maximum absolute atomic E-state index is 13.2. The molecule has 130 valence electrons. The van der Waals surface area contributed by atoms with Gasteiger partial charge >= 0.3 is 0 Å². The van der Waals surface area contributed by atoms with Crippen LogP contribution in [0.5, 0.6) is 0 Å². The Balaban J connectivity index is 1.47. The van der Waals surface area contributed by atoms with Gasteiger partial charge in [-0.1, -0.05) is 18.2 Å². The number of anilines is 1. The first-order chi connectivity index (χ1) is 12.6. The molecule has 0 aliphatic carbocycles. The molecule has 4 rings (SSSR count). The highest BCUT2D eigenvalue weighted by Gasteiger charge is 2.10. The molecule has 0 bridgehead atoms. The number of aromatic nitrogens is 4. The minimum absolute atomic E-state index is 0.0764. The van der Waals surface area contributed by atoms with Crippen LogP contribution >= 0.6 is 0 Å². The summed E-state index contributed by atoms with van der Waals surface area (Å²) in [5.41, 5.74) is 2.54. The summed E-state index contributed by atoms with van der Waals surface area (Å²) in [5, 5.41) is 6.83. The van der Waals surface area contributed by atoms with Gasteiger partial charge in [-0.05, 0) is 29.8 Å². The van der Waals surface area contributed by atoms with Gasteiger partial charge < -0.3 is 10.3 Å². The number of carbonyl (C=O) groups is 1. The molecule has 0 unspecified atom stereocenters. The molecule has 0 aliphatic rings. The van der Waals surface area contributed by atoms with E-state index in [0.29, 0.717) is 17.2 Å². The van der Waals surface area contributed by atoms with Crippen LogP contribution in [0.25, 0.3) is 17.0 Å². The molecule has 2 N–H and O–H groups in total. The van der Waals surface area contributed by atoms with Gasteiger partial charge in [0.1, 0.15) is 0 Å². The van der Waals surface area contributed by atoms with Crippen LogP contribution in [-0.2, 0) is 11.2 Å². The third-order valence-electron chi connectivity index (χ3n) is 3.81. The van der Waals surface area contributed by atoms with Crippen LogP contribution in [0.15, 0.2) is 54.9 Å². The number of hydrogen-bond donors (Lipinski definition) is 2. The molecule has 6 nitrogen and oxygen atoms in total. The average molecular weight is 353 g/mol. The molecule has 0 atom stereocenters. The minimum Gasteiger partial charge on any atom is -0.323 e. The number of H-pyrrole nitrogens is 1. The number of nitrogens with one attached hydrogen (secondary N) is 2. The Kier molecular flexibility index (Phi) is 3.92. The number of benzene rings is 2. The maximum atomic E-state index is 13.2. The van der Waals surface area contributed by atoms with Gasteiger partial charge in [-0.25, -0.2) is 18.4 Å². The second-order valence-corrected chi connectivity index (χ2v) is 5.72. The number of rotatable bonds is 4. The van der Waals surface area contributed by atoms with Gasteiger partial charge in [0.25, 0.3) is 0 Å². The molecule has 0 saturated heterocycles. The van der Waals surface area contributed by atoms with Crippen molar-refractivity contribution in [3.8, 4) is 5.95 Å². The Bertz CT molecular complexity index is 1070. The fourth-order valence-corrected chi connectivity index (χ4v) is 2.59. The second kappa shape index (κ2) is 6.40. The number of imidazole rings is 1. The summed E-state index contributed by atoms with van der Waals surface area (Å²) in [4.78, 5) is 19.6. The molecule has 2 aromatic carbocycles. The van der Waals surface area contributed by atoms with E-state index in [2.05, 4.69) is 20.4 Å². The summed E-state index contributed by atoms with van der Waals surface area (Å²) in [6.45, 7) is 0. The van der Waals surface area contributed by atoms with E-state index in [1.54, 1.807) is 6.20 Å². The van der Waals surface area contributed by atoms with E-state index >= 15 is 0 Å². The number of amides is 1. The monoisotopic (exact) mass is 353 g/mol. The molecule has 4 aromatic rings. The van der Waals surface area contributed by atoms with Crippen molar-refractivity contribution < 1.29 is 13.6 Å². The summed E-state index contributed by atoms with van der Waals surface area (Å²) in [7, 11) is 0. The molecular weight excluding hydrogens is 340 g/mol. The molecule has 0 spiro atoms. The first-order valence-electron chi connectivity index (χ1n) is 7.82. The predicted octanol–water partition coefficient (Wildman–Crippen LogP) is 3.21. The molecule has 2 aromatic heterocycles. The van der Waals surface area contributed by atoms with Crippen LogP contribution in [0.1, 0.15) is 5.56 Å². The van der Waals surface area contributed by atoms with Crippen LogP contribution in [0.4, 0.5) is 14.5 Å². The van der Waals surface area contributed by atoms with E-state index in [4.69, 9.17) is 0 Å². The highest BCUT2D eigenvalue weighted by molar-refractivity contribution is 5.92. The summed E-state index contributed by atoms with van der Waals surface area (Å²) in [5.74, 6) is -1.76. The Morgan fingerprint density at radius 2 is 2.00 bits per heavy atom. The molecule has 0 aliphatic heterocycles. The molecule has 8 heteroatoms. The van der Waals surface area contributed by atoms with E-state index in [0.717, 1.165) is 23.2 Å². The van der Waals surface area contributed by atoms with E-state index in [9.17, 15) is 13.6 Å². The summed E-state index contributed by atoms with van der Waals surface area (Å²) in [6, 6.07) is 10.9. The number of halogens is 2. The fourth-order valence-electron chi connectivity index (χ4n) is 2.59. The highest BCUT2D eigenvalue weighted by atomic mass is 19.2. The second-order valence-electron chi connectivity index (χ2n) is 5.72. The largest absolute Gasteiger partial charge is 0.323 e.